The summed E-state index contributed by atoms with van der Waals surface area (Å²) in [5.41, 5.74) is 4.39. The van der Waals surface area contributed by atoms with Crippen LogP contribution in [0.5, 0.6) is 0 Å². The van der Waals surface area contributed by atoms with Crippen molar-refractivity contribution in [3.63, 3.8) is 0 Å². The molecule has 0 fully saturated rings. The van der Waals surface area contributed by atoms with Gasteiger partial charge in [0.25, 0.3) is 0 Å². The Labute approximate surface area is 170 Å². The SMILES string of the molecule is C#CCSc1nc(NN=Cc2ccc(-c3ccccc3)cc2)cc(C(F)(F)F)n1. The lowest BCUT2D eigenvalue weighted by molar-refractivity contribution is -0.141. The summed E-state index contributed by atoms with van der Waals surface area (Å²) in [5, 5.41) is 3.91. The van der Waals surface area contributed by atoms with Crippen molar-refractivity contribution in [2.45, 2.75) is 11.3 Å². The van der Waals surface area contributed by atoms with E-state index in [0.29, 0.717) is 0 Å². The van der Waals surface area contributed by atoms with Crippen LogP contribution in [0.25, 0.3) is 11.1 Å². The zero-order valence-corrected chi connectivity index (χ0v) is 15.8. The Balaban J connectivity index is 1.73. The molecular formula is C21H15F3N4S. The summed E-state index contributed by atoms with van der Waals surface area (Å²) in [6, 6.07) is 18.3. The third-order valence-electron chi connectivity index (χ3n) is 3.69. The molecule has 0 saturated carbocycles. The van der Waals surface area contributed by atoms with Gasteiger partial charge in [-0.15, -0.1) is 6.42 Å². The first-order valence-corrected chi connectivity index (χ1v) is 9.41. The molecule has 1 aromatic heterocycles. The van der Waals surface area contributed by atoms with Gasteiger partial charge in [0.05, 0.1) is 12.0 Å². The maximum atomic E-state index is 13.0. The topological polar surface area (TPSA) is 50.2 Å². The summed E-state index contributed by atoms with van der Waals surface area (Å²) in [6.45, 7) is 0. The van der Waals surface area contributed by atoms with Crippen molar-refractivity contribution in [3.8, 4) is 23.5 Å². The van der Waals surface area contributed by atoms with E-state index in [1.54, 1.807) is 0 Å². The smallest absolute Gasteiger partial charge is 0.261 e. The van der Waals surface area contributed by atoms with Crippen LogP contribution in [0.1, 0.15) is 11.3 Å². The Morgan fingerprint density at radius 3 is 2.38 bits per heavy atom. The van der Waals surface area contributed by atoms with E-state index >= 15 is 0 Å². The monoisotopic (exact) mass is 412 g/mol. The van der Waals surface area contributed by atoms with Gasteiger partial charge in [-0.25, -0.2) is 9.97 Å². The molecule has 4 nitrogen and oxygen atoms in total. The van der Waals surface area contributed by atoms with Crippen LogP contribution in [0.2, 0.25) is 0 Å². The number of thioether (sulfide) groups is 1. The number of halogens is 3. The van der Waals surface area contributed by atoms with Gasteiger partial charge < -0.3 is 0 Å². The number of alkyl halides is 3. The molecule has 0 amide bonds. The van der Waals surface area contributed by atoms with E-state index in [1.807, 2.05) is 54.6 Å². The zero-order chi connectivity index (χ0) is 20.7. The van der Waals surface area contributed by atoms with Gasteiger partial charge in [0.15, 0.2) is 16.7 Å². The van der Waals surface area contributed by atoms with E-state index < -0.39 is 11.9 Å². The average molecular weight is 412 g/mol. The highest BCUT2D eigenvalue weighted by Crippen LogP contribution is 2.30. The second-order valence-corrected chi connectivity index (χ2v) is 6.71. The third kappa shape index (κ3) is 5.83. The highest BCUT2D eigenvalue weighted by molar-refractivity contribution is 7.99. The molecule has 0 aliphatic carbocycles. The standard InChI is InChI=1S/C21H15F3N4S/c1-2-12-29-20-26-18(21(22,23)24)13-19(27-20)28-25-14-15-8-10-17(11-9-15)16-6-4-3-5-7-16/h1,3-11,13-14H,12H2,(H,26,27,28). The molecule has 0 unspecified atom stereocenters. The molecule has 0 saturated heterocycles. The van der Waals surface area contributed by atoms with Crippen molar-refractivity contribution >= 4 is 23.8 Å². The molecule has 0 aliphatic rings. The number of nitrogens with one attached hydrogen (secondary N) is 1. The van der Waals surface area contributed by atoms with Crippen LogP contribution in [-0.2, 0) is 6.18 Å². The van der Waals surface area contributed by atoms with Crippen LogP contribution < -0.4 is 5.43 Å². The van der Waals surface area contributed by atoms with Crippen molar-refractivity contribution < 1.29 is 13.2 Å². The van der Waals surface area contributed by atoms with Gasteiger partial charge in [0, 0.05) is 6.07 Å². The van der Waals surface area contributed by atoms with E-state index in [1.165, 1.54) is 6.21 Å². The van der Waals surface area contributed by atoms with Crippen LogP contribution in [0.3, 0.4) is 0 Å². The van der Waals surface area contributed by atoms with Crippen molar-refractivity contribution in [3.05, 3.63) is 71.9 Å². The van der Waals surface area contributed by atoms with E-state index in [-0.39, 0.29) is 16.7 Å². The van der Waals surface area contributed by atoms with Crippen molar-refractivity contribution in [2.75, 3.05) is 11.2 Å². The fourth-order valence-corrected chi connectivity index (χ4v) is 2.90. The van der Waals surface area contributed by atoms with Gasteiger partial charge in [-0.2, -0.15) is 18.3 Å². The van der Waals surface area contributed by atoms with E-state index in [2.05, 4.69) is 26.4 Å². The molecule has 2 aromatic carbocycles. The number of terminal acetylenes is 1. The first kappa shape index (κ1) is 20.4. The lowest BCUT2D eigenvalue weighted by Crippen LogP contribution is -2.10. The summed E-state index contributed by atoms with van der Waals surface area (Å²) in [4.78, 5) is 7.49. The first-order chi connectivity index (χ1) is 14.0. The molecule has 8 heteroatoms. The fourth-order valence-electron chi connectivity index (χ4n) is 2.36. The van der Waals surface area contributed by atoms with Gasteiger partial charge in [-0.3, -0.25) is 5.43 Å². The normalized spacial score (nSPS) is 11.4. The largest absolute Gasteiger partial charge is 0.433 e. The Hall–Kier alpha value is -3.31. The predicted octanol–water partition coefficient (Wildman–Crippen LogP) is 5.33. The Morgan fingerprint density at radius 1 is 1.03 bits per heavy atom. The Kier molecular flexibility index (Phi) is 6.52. The Morgan fingerprint density at radius 2 is 1.72 bits per heavy atom. The zero-order valence-electron chi connectivity index (χ0n) is 15.0. The van der Waals surface area contributed by atoms with Crippen LogP contribution in [0.4, 0.5) is 19.0 Å². The maximum absolute atomic E-state index is 13.0. The van der Waals surface area contributed by atoms with E-state index in [0.717, 1.165) is 34.5 Å². The molecule has 1 heterocycles. The number of anilines is 1. The molecule has 29 heavy (non-hydrogen) atoms. The van der Waals surface area contributed by atoms with Crippen LogP contribution in [0, 0.1) is 12.3 Å². The Bertz CT molecular complexity index is 1030. The van der Waals surface area contributed by atoms with Crippen LogP contribution >= 0.6 is 11.8 Å². The van der Waals surface area contributed by atoms with E-state index in [4.69, 9.17) is 6.42 Å². The second kappa shape index (κ2) is 9.26. The highest BCUT2D eigenvalue weighted by atomic mass is 32.2. The number of hydrazone groups is 1. The molecule has 3 aromatic rings. The molecule has 0 spiro atoms. The number of nitrogens with zero attached hydrogens (tertiary/aromatic N) is 3. The fraction of sp³-hybridized carbons (Fsp3) is 0.0952. The number of hydrogen-bond acceptors (Lipinski definition) is 5. The summed E-state index contributed by atoms with van der Waals surface area (Å²) < 4.78 is 39.1. The molecule has 1 N–H and O–H groups in total. The van der Waals surface area contributed by atoms with Gasteiger partial charge in [-0.1, -0.05) is 72.3 Å². The minimum Gasteiger partial charge on any atom is -0.261 e. The molecule has 0 atom stereocenters. The number of aromatic nitrogens is 2. The number of hydrogen-bond donors (Lipinski definition) is 1. The quantitative estimate of drug-likeness (QED) is 0.195. The minimum absolute atomic E-state index is 0.0657. The maximum Gasteiger partial charge on any atom is 0.433 e. The van der Waals surface area contributed by atoms with E-state index in [9.17, 15) is 13.2 Å². The third-order valence-corrected chi connectivity index (χ3v) is 4.44. The first-order valence-electron chi connectivity index (χ1n) is 8.43. The summed E-state index contributed by atoms with van der Waals surface area (Å²) in [6.07, 6.45) is 2.05. The van der Waals surface area contributed by atoms with Crippen LogP contribution in [0.15, 0.2) is 70.9 Å². The van der Waals surface area contributed by atoms with Crippen molar-refractivity contribution in [2.24, 2.45) is 5.10 Å². The predicted molar refractivity (Wildman–Crippen MR) is 110 cm³/mol. The number of benzene rings is 2. The summed E-state index contributed by atoms with van der Waals surface area (Å²) >= 11 is 0.944. The van der Waals surface area contributed by atoms with Crippen LogP contribution in [-0.4, -0.2) is 21.9 Å². The molecule has 0 radical (unpaired) electrons. The molecular weight excluding hydrogens is 397 g/mol. The van der Waals surface area contributed by atoms with Gasteiger partial charge in [0.1, 0.15) is 0 Å². The summed E-state index contributed by atoms with van der Waals surface area (Å²) in [7, 11) is 0. The van der Waals surface area contributed by atoms with Crippen molar-refractivity contribution in [1.29, 1.82) is 0 Å². The highest BCUT2D eigenvalue weighted by Gasteiger charge is 2.33. The summed E-state index contributed by atoms with van der Waals surface area (Å²) in [5.74, 6) is 2.43. The molecule has 0 bridgehead atoms. The lowest BCUT2D eigenvalue weighted by Gasteiger charge is -2.09. The minimum atomic E-state index is -4.60. The number of rotatable bonds is 6. The van der Waals surface area contributed by atoms with Gasteiger partial charge >= 0.3 is 6.18 Å². The molecule has 146 valence electrons. The average Bonchev–Trinajstić information content (AvgIpc) is 2.73. The lowest BCUT2D eigenvalue weighted by atomic mass is 10.0. The van der Waals surface area contributed by atoms with Gasteiger partial charge in [0.2, 0.25) is 0 Å². The van der Waals surface area contributed by atoms with Gasteiger partial charge in [-0.05, 0) is 16.7 Å². The molecule has 3 rings (SSSR count). The van der Waals surface area contributed by atoms with Crippen molar-refractivity contribution in [1.82, 2.24) is 9.97 Å². The second-order valence-electron chi connectivity index (χ2n) is 5.77. The molecule has 0 aliphatic heterocycles.